The predicted octanol–water partition coefficient (Wildman–Crippen LogP) is 2.87. The van der Waals surface area contributed by atoms with Crippen LogP contribution in [0.25, 0.3) is 0 Å². The van der Waals surface area contributed by atoms with Gasteiger partial charge in [0.05, 0.1) is 16.6 Å². The smallest absolute Gasteiger partial charge is 0.243 e. The molecule has 7 heteroatoms. The van der Waals surface area contributed by atoms with Gasteiger partial charge in [0, 0.05) is 45.8 Å². The zero-order valence-corrected chi connectivity index (χ0v) is 20.7. The molecule has 1 spiro atoms. The molecule has 0 N–H and O–H groups in total. The second-order valence-corrected chi connectivity index (χ2v) is 11.9. The van der Waals surface area contributed by atoms with Crippen molar-refractivity contribution < 1.29 is 13.2 Å². The van der Waals surface area contributed by atoms with Crippen molar-refractivity contribution >= 4 is 10.0 Å². The molecule has 6 nitrogen and oxygen atoms in total. The van der Waals surface area contributed by atoms with Gasteiger partial charge in [0.1, 0.15) is 0 Å². The van der Waals surface area contributed by atoms with E-state index < -0.39 is 10.0 Å². The largest absolute Gasteiger partial charge is 0.370 e. The van der Waals surface area contributed by atoms with Crippen molar-refractivity contribution in [1.82, 2.24) is 14.1 Å². The minimum absolute atomic E-state index is 0.129. The van der Waals surface area contributed by atoms with Gasteiger partial charge in [0.2, 0.25) is 10.0 Å². The standard InChI is InChI=1S/C24H39N3O3S/c1-18-16-19(2)21(4)23(20(18)3)31(28,29)27-10-8-24(9-11-27)7-6-22(30-24)17-26-14-12-25(5)13-15-26/h16,22H,6-15,17H2,1-5H3. The Morgan fingerprint density at radius 1 is 0.935 bits per heavy atom. The Bertz CT molecular complexity index is 888. The topological polar surface area (TPSA) is 53.1 Å². The molecular formula is C24H39N3O3S. The van der Waals surface area contributed by atoms with Gasteiger partial charge in [-0.25, -0.2) is 8.42 Å². The summed E-state index contributed by atoms with van der Waals surface area (Å²) in [5.74, 6) is 0. The number of piperidine rings is 1. The van der Waals surface area contributed by atoms with Crippen molar-refractivity contribution in [2.75, 3.05) is 52.9 Å². The van der Waals surface area contributed by atoms with Crippen LogP contribution in [0.15, 0.2) is 11.0 Å². The Morgan fingerprint density at radius 3 is 2.10 bits per heavy atom. The third-order valence-electron chi connectivity index (χ3n) is 7.93. The zero-order valence-electron chi connectivity index (χ0n) is 19.9. The Balaban J connectivity index is 1.40. The maximum absolute atomic E-state index is 13.6. The Labute approximate surface area is 188 Å². The lowest BCUT2D eigenvalue weighted by atomic mass is 9.89. The summed E-state index contributed by atoms with van der Waals surface area (Å²) in [5.41, 5.74) is 3.72. The van der Waals surface area contributed by atoms with Crippen LogP contribution in [0, 0.1) is 27.7 Å². The lowest BCUT2D eigenvalue weighted by Gasteiger charge is -2.39. The SMILES string of the molecule is Cc1cc(C)c(C)c(S(=O)(=O)N2CCC3(CCC(CN4CCN(C)CC4)O3)CC2)c1C. The highest BCUT2D eigenvalue weighted by molar-refractivity contribution is 7.89. The van der Waals surface area contributed by atoms with Crippen LogP contribution in [0.1, 0.15) is 47.9 Å². The number of piperazine rings is 1. The monoisotopic (exact) mass is 449 g/mol. The molecule has 4 rings (SSSR count). The van der Waals surface area contributed by atoms with Gasteiger partial charge in [-0.15, -0.1) is 0 Å². The Hall–Kier alpha value is -0.990. The van der Waals surface area contributed by atoms with E-state index in [-0.39, 0.29) is 11.7 Å². The molecule has 0 amide bonds. The van der Waals surface area contributed by atoms with E-state index in [4.69, 9.17) is 4.74 Å². The third-order valence-corrected chi connectivity index (χ3v) is 10.1. The number of nitrogens with zero attached hydrogens (tertiary/aromatic N) is 3. The highest BCUT2D eigenvalue weighted by Crippen LogP contribution is 2.41. The first-order valence-electron chi connectivity index (χ1n) is 11.8. The first-order chi connectivity index (χ1) is 14.6. The van der Waals surface area contributed by atoms with E-state index in [1.165, 1.54) is 0 Å². The highest BCUT2D eigenvalue weighted by atomic mass is 32.2. The number of hydrogen-bond acceptors (Lipinski definition) is 5. The molecule has 0 saturated carbocycles. The summed E-state index contributed by atoms with van der Waals surface area (Å²) in [4.78, 5) is 5.42. The summed E-state index contributed by atoms with van der Waals surface area (Å²) >= 11 is 0. The van der Waals surface area contributed by atoms with Crippen LogP contribution in [-0.2, 0) is 14.8 Å². The van der Waals surface area contributed by atoms with Crippen LogP contribution in [0.3, 0.4) is 0 Å². The van der Waals surface area contributed by atoms with Crippen molar-refractivity contribution in [1.29, 1.82) is 0 Å². The molecule has 1 unspecified atom stereocenters. The van der Waals surface area contributed by atoms with Crippen LogP contribution in [0.2, 0.25) is 0 Å². The van der Waals surface area contributed by atoms with E-state index in [0.717, 1.165) is 80.7 Å². The summed E-state index contributed by atoms with van der Waals surface area (Å²) in [6.07, 6.45) is 4.04. The quantitative estimate of drug-likeness (QED) is 0.708. The van der Waals surface area contributed by atoms with Gasteiger partial charge < -0.3 is 9.64 Å². The van der Waals surface area contributed by atoms with Gasteiger partial charge in [-0.05, 0) is 82.7 Å². The summed E-state index contributed by atoms with van der Waals surface area (Å²) < 4.78 is 35.4. The molecule has 0 bridgehead atoms. The summed E-state index contributed by atoms with van der Waals surface area (Å²) in [5, 5.41) is 0. The number of sulfonamides is 1. The maximum Gasteiger partial charge on any atom is 0.243 e. The number of likely N-dealkylation sites (N-methyl/N-ethyl adjacent to an activating group) is 1. The van der Waals surface area contributed by atoms with E-state index in [2.05, 4.69) is 22.9 Å². The van der Waals surface area contributed by atoms with Gasteiger partial charge in [0.15, 0.2) is 0 Å². The molecule has 3 aliphatic heterocycles. The van der Waals surface area contributed by atoms with E-state index in [1.54, 1.807) is 4.31 Å². The van der Waals surface area contributed by atoms with Crippen LogP contribution in [-0.4, -0.2) is 87.1 Å². The lowest BCUT2D eigenvalue weighted by Crippen LogP contribution is -2.49. The highest BCUT2D eigenvalue weighted by Gasteiger charge is 2.45. The molecule has 0 aromatic heterocycles. The van der Waals surface area contributed by atoms with Gasteiger partial charge in [-0.2, -0.15) is 4.31 Å². The van der Waals surface area contributed by atoms with Gasteiger partial charge >= 0.3 is 0 Å². The van der Waals surface area contributed by atoms with Crippen LogP contribution < -0.4 is 0 Å². The second kappa shape index (κ2) is 8.75. The Kier molecular flexibility index (Phi) is 6.54. The lowest BCUT2D eigenvalue weighted by molar-refractivity contribution is -0.0777. The molecule has 0 radical (unpaired) electrons. The summed E-state index contributed by atoms with van der Waals surface area (Å²) in [7, 11) is -1.31. The normalized spacial score (nSPS) is 26.0. The maximum atomic E-state index is 13.6. The first-order valence-corrected chi connectivity index (χ1v) is 13.2. The van der Waals surface area contributed by atoms with Gasteiger partial charge in [0.25, 0.3) is 0 Å². The third kappa shape index (κ3) is 4.58. The number of ether oxygens (including phenoxy) is 1. The molecule has 1 aromatic rings. The molecule has 3 heterocycles. The number of rotatable bonds is 4. The zero-order chi connectivity index (χ0) is 22.4. The molecule has 1 aromatic carbocycles. The molecule has 3 aliphatic rings. The van der Waals surface area contributed by atoms with Gasteiger partial charge in [-0.1, -0.05) is 6.07 Å². The van der Waals surface area contributed by atoms with Gasteiger partial charge in [-0.3, -0.25) is 4.90 Å². The number of hydrogen-bond donors (Lipinski definition) is 0. The van der Waals surface area contributed by atoms with Crippen molar-refractivity contribution in [3.63, 3.8) is 0 Å². The molecular weight excluding hydrogens is 410 g/mol. The van der Waals surface area contributed by atoms with Crippen molar-refractivity contribution in [3.8, 4) is 0 Å². The van der Waals surface area contributed by atoms with Crippen LogP contribution >= 0.6 is 0 Å². The fourth-order valence-corrected chi connectivity index (χ4v) is 7.56. The van der Waals surface area contributed by atoms with Crippen LogP contribution in [0.4, 0.5) is 0 Å². The number of benzene rings is 1. The van der Waals surface area contributed by atoms with E-state index in [0.29, 0.717) is 18.0 Å². The fraction of sp³-hybridized carbons (Fsp3) is 0.750. The first kappa shape index (κ1) is 23.2. The second-order valence-electron chi connectivity index (χ2n) is 10.1. The van der Waals surface area contributed by atoms with E-state index in [9.17, 15) is 8.42 Å². The minimum Gasteiger partial charge on any atom is -0.370 e. The summed E-state index contributed by atoms with van der Waals surface area (Å²) in [6.45, 7) is 14.5. The predicted molar refractivity (Wildman–Crippen MR) is 124 cm³/mol. The Morgan fingerprint density at radius 2 is 1.52 bits per heavy atom. The van der Waals surface area contributed by atoms with Crippen molar-refractivity contribution in [3.05, 3.63) is 28.3 Å². The minimum atomic E-state index is -3.49. The molecule has 3 fully saturated rings. The number of aryl methyl sites for hydroxylation is 2. The molecule has 0 aliphatic carbocycles. The van der Waals surface area contributed by atoms with E-state index in [1.807, 2.05) is 27.7 Å². The average Bonchev–Trinajstić information content (AvgIpc) is 3.10. The molecule has 1 atom stereocenters. The fourth-order valence-electron chi connectivity index (χ4n) is 5.54. The summed E-state index contributed by atoms with van der Waals surface area (Å²) in [6, 6.07) is 2.09. The molecule has 31 heavy (non-hydrogen) atoms. The molecule has 174 valence electrons. The molecule has 3 saturated heterocycles. The average molecular weight is 450 g/mol. The van der Waals surface area contributed by atoms with Crippen molar-refractivity contribution in [2.24, 2.45) is 0 Å². The van der Waals surface area contributed by atoms with Crippen molar-refractivity contribution in [2.45, 2.75) is 70.0 Å². The van der Waals surface area contributed by atoms with E-state index >= 15 is 0 Å². The van der Waals surface area contributed by atoms with Crippen LogP contribution in [0.5, 0.6) is 0 Å².